The molecule has 1 amide bonds. The monoisotopic (exact) mass is 279 g/mol. The van der Waals surface area contributed by atoms with Crippen LogP contribution in [0.5, 0.6) is 0 Å². The molecule has 0 heterocycles. The summed E-state index contributed by atoms with van der Waals surface area (Å²) in [5.74, 6) is 0.456. The molecule has 0 saturated carbocycles. The van der Waals surface area contributed by atoms with Gasteiger partial charge in [0, 0.05) is 12.5 Å². The van der Waals surface area contributed by atoms with Crippen LogP contribution in [0.2, 0.25) is 0 Å². The van der Waals surface area contributed by atoms with E-state index in [1.165, 1.54) is 5.57 Å². The van der Waals surface area contributed by atoms with Crippen LogP contribution < -0.4 is 5.32 Å². The van der Waals surface area contributed by atoms with Crippen molar-refractivity contribution >= 4 is 5.91 Å². The lowest BCUT2D eigenvalue weighted by Crippen LogP contribution is -2.51. The molecule has 0 fully saturated rings. The van der Waals surface area contributed by atoms with Crippen LogP contribution in [0.15, 0.2) is 23.8 Å². The second kappa shape index (κ2) is 6.57. The minimum atomic E-state index is -0.805. The molecule has 0 aromatic heterocycles. The molecule has 0 aromatic carbocycles. The molecule has 114 valence electrons. The van der Waals surface area contributed by atoms with Gasteiger partial charge in [-0.3, -0.25) is 4.79 Å². The summed E-state index contributed by atoms with van der Waals surface area (Å²) in [4.78, 5) is 11.5. The molecule has 0 unspecified atom stereocenters. The molecule has 1 aliphatic rings. The minimum absolute atomic E-state index is 0.00966. The lowest BCUT2D eigenvalue weighted by atomic mass is 9.74. The quantitative estimate of drug-likeness (QED) is 0.758. The van der Waals surface area contributed by atoms with E-state index in [0.29, 0.717) is 5.92 Å². The molecular formula is C17H29NO2. The van der Waals surface area contributed by atoms with Gasteiger partial charge in [0.05, 0.1) is 5.60 Å². The van der Waals surface area contributed by atoms with Crippen LogP contribution in [0, 0.1) is 5.92 Å². The summed E-state index contributed by atoms with van der Waals surface area (Å²) in [7, 11) is 0. The molecule has 0 saturated heterocycles. The Kier molecular flexibility index (Phi) is 5.58. The van der Waals surface area contributed by atoms with Crippen LogP contribution in [0.3, 0.4) is 0 Å². The van der Waals surface area contributed by atoms with Gasteiger partial charge >= 0.3 is 0 Å². The molecule has 2 atom stereocenters. The van der Waals surface area contributed by atoms with Crippen molar-refractivity contribution in [2.45, 2.75) is 71.4 Å². The normalized spacial score (nSPS) is 23.3. The lowest BCUT2D eigenvalue weighted by Gasteiger charge is -2.39. The Labute approximate surface area is 123 Å². The van der Waals surface area contributed by atoms with E-state index < -0.39 is 5.60 Å². The summed E-state index contributed by atoms with van der Waals surface area (Å²) >= 11 is 0. The summed E-state index contributed by atoms with van der Waals surface area (Å²) in [5, 5.41) is 12.9. The Balaban J connectivity index is 2.81. The highest BCUT2D eigenvalue weighted by Gasteiger charge is 2.34. The predicted molar refractivity (Wildman–Crippen MR) is 83.4 cm³/mol. The maximum atomic E-state index is 11.5. The summed E-state index contributed by atoms with van der Waals surface area (Å²) in [6, 6.07) is 0. The Morgan fingerprint density at radius 1 is 1.50 bits per heavy atom. The molecule has 0 aliphatic heterocycles. The number of hydrogen-bond acceptors (Lipinski definition) is 2. The average molecular weight is 279 g/mol. The maximum Gasteiger partial charge on any atom is 0.217 e. The van der Waals surface area contributed by atoms with Gasteiger partial charge in [0.15, 0.2) is 0 Å². The van der Waals surface area contributed by atoms with E-state index in [-0.39, 0.29) is 11.4 Å². The first-order valence-corrected chi connectivity index (χ1v) is 7.47. The van der Waals surface area contributed by atoms with Gasteiger partial charge in [-0.1, -0.05) is 23.8 Å². The number of rotatable bonds is 5. The van der Waals surface area contributed by atoms with E-state index in [2.05, 4.69) is 25.2 Å². The fourth-order valence-corrected chi connectivity index (χ4v) is 2.86. The van der Waals surface area contributed by atoms with Crippen molar-refractivity contribution in [3.63, 3.8) is 0 Å². The number of carbonyl (C=O) groups excluding carboxylic acids is 1. The largest absolute Gasteiger partial charge is 0.386 e. The summed E-state index contributed by atoms with van der Waals surface area (Å²) in [6.07, 6.45) is 10.0. The fraction of sp³-hybridized carbons (Fsp3) is 0.706. The van der Waals surface area contributed by atoms with Crippen LogP contribution in [0.1, 0.15) is 60.3 Å². The van der Waals surface area contributed by atoms with Crippen LogP contribution in [0.4, 0.5) is 0 Å². The maximum absolute atomic E-state index is 11.5. The molecule has 0 spiro atoms. The molecule has 20 heavy (non-hydrogen) atoms. The highest BCUT2D eigenvalue weighted by molar-refractivity contribution is 5.73. The highest BCUT2D eigenvalue weighted by atomic mass is 16.3. The van der Waals surface area contributed by atoms with Gasteiger partial charge in [-0.15, -0.1) is 0 Å². The zero-order valence-corrected chi connectivity index (χ0v) is 13.5. The molecule has 0 radical (unpaired) electrons. The van der Waals surface area contributed by atoms with Crippen molar-refractivity contribution in [3.8, 4) is 0 Å². The number of nitrogens with one attached hydrogen (secondary N) is 1. The van der Waals surface area contributed by atoms with Crippen molar-refractivity contribution < 1.29 is 9.90 Å². The van der Waals surface area contributed by atoms with E-state index in [0.717, 1.165) is 25.7 Å². The minimum Gasteiger partial charge on any atom is -0.386 e. The second-order valence-corrected chi connectivity index (χ2v) is 6.88. The van der Waals surface area contributed by atoms with Gasteiger partial charge < -0.3 is 10.4 Å². The molecule has 1 aliphatic carbocycles. The zero-order chi connectivity index (χ0) is 15.4. The Hall–Kier alpha value is -1.09. The van der Waals surface area contributed by atoms with Crippen molar-refractivity contribution in [3.05, 3.63) is 23.8 Å². The van der Waals surface area contributed by atoms with Gasteiger partial charge in [0.25, 0.3) is 0 Å². The Morgan fingerprint density at radius 3 is 2.60 bits per heavy atom. The Bertz CT molecular complexity index is 404. The molecule has 0 aromatic rings. The fourth-order valence-electron chi connectivity index (χ4n) is 2.86. The first-order chi connectivity index (χ1) is 9.12. The second-order valence-electron chi connectivity index (χ2n) is 6.88. The van der Waals surface area contributed by atoms with Crippen molar-refractivity contribution in [2.24, 2.45) is 5.92 Å². The molecule has 2 N–H and O–H groups in total. The van der Waals surface area contributed by atoms with Gasteiger partial charge in [-0.25, -0.2) is 0 Å². The van der Waals surface area contributed by atoms with Crippen LogP contribution in [-0.2, 0) is 4.79 Å². The summed E-state index contributed by atoms with van der Waals surface area (Å²) < 4.78 is 0. The first-order valence-electron chi connectivity index (χ1n) is 7.47. The number of allylic oxidation sites excluding steroid dienone is 2. The molecule has 0 bridgehead atoms. The van der Waals surface area contributed by atoms with Crippen LogP contribution >= 0.6 is 0 Å². The first kappa shape index (κ1) is 17.0. The van der Waals surface area contributed by atoms with Crippen molar-refractivity contribution in [2.75, 3.05) is 0 Å². The number of aliphatic hydroxyl groups is 1. The topological polar surface area (TPSA) is 49.3 Å². The third-order valence-electron chi connectivity index (χ3n) is 4.07. The zero-order valence-electron chi connectivity index (χ0n) is 13.5. The molecular weight excluding hydrogens is 250 g/mol. The number of hydrogen-bond donors (Lipinski definition) is 2. The standard InChI is InChI=1S/C17H29NO2/c1-13-7-9-15(10-8-13)17(5,18-14(2)19)12-6-11-16(3,4)20/h6-7,11,15,20H,8-10,12H2,1-5H3,(H,18,19)/b11-6+/t15-,17-/m0/s1. The van der Waals surface area contributed by atoms with E-state index >= 15 is 0 Å². The Morgan fingerprint density at radius 2 is 2.15 bits per heavy atom. The van der Waals surface area contributed by atoms with Gasteiger partial charge in [0.2, 0.25) is 5.91 Å². The number of amides is 1. The lowest BCUT2D eigenvalue weighted by molar-refractivity contribution is -0.121. The van der Waals surface area contributed by atoms with Crippen molar-refractivity contribution in [1.82, 2.24) is 5.32 Å². The van der Waals surface area contributed by atoms with Crippen LogP contribution in [0.25, 0.3) is 0 Å². The smallest absolute Gasteiger partial charge is 0.217 e. The van der Waals surface area contributed by atoms with Gasteiger partial charge in [-0.2, -0.15) is 0 Å². The van der Waals surface area contributed by atoms with Crippen LogP contribution in [-0.4, -0.2) is 22.2 Å². The van der Waals surface area contributed by atoms with Gasteiger partial charge in [-0.05, 0) is 59.3 Å². The van der Waals surface area contributed by atoms with E-state index in [1.807, 2.05) is 6.08 Å². The number of carbonyl (C=O) groups is 1. The summed E-state index contributed by atoms with van der Waals surface area (Å²) in [5.41, 5.74) is 0.392. The highest BCUT2D eigenvalue weighted by Crippen LogP contribution is 2.34. The third-order valence-corrected chi connectivity index (χ3v) is 4.07. The molecule has 1 rings (SSSR count). The van der Waals surface area contributed by atoms with E-state index in [9.17, 15) is 9.90 Å². The third kappa shape index (κ3) is 5.49. The van der Waals surface area contributed by atoms with Gasteiger partial charge in [0.1, 0.15) is 0 Å². The molecule has 3 heteroatoms. The summed E-state index contributed by atoms with van der Waals surface area (Å²) in [6.45, 7) is 9.36. The average Bonchev–Trinajstić information content (AvgIpc) is 2.26. The molecule has 3 nitrogen and oxygen atoms in total. The van der Waals surface area contributed by atoms with E-state index in [4.69, 9.17) is 0 Å². The van der Waals surface area contributed by atoms with E-state index in [1.54, 1.807) is 26.8 Å². The van der Waals surface area contributed by atoms with Crippen molar-refractivity contribution in [1.29, 1.82) is 0 Å². The SMILES string of the molecule is CC(=O)N[C@@](C)(C/C=C/C(C)(C)O)[C@H]1CC=C(C)CC1. The predicted octanol–water partition coefficient (Wildman–Crippen LogP) is 3.34.